The largest absolute Gasteiger partial charge is 0.300 e. The maximum Gasteiger partial charge on any atom is 0.0691 e. The zero-order valence-corrected chi connectivity index (χ0v) is 16.9. The number of pyridine rings is 2. The van der Waals surface area contributed by atoms with Crippen molar-refractivity contribution in [1.29, 1.82) is 0 Å². The van der Waals surface area contributed by atoms with Gasteiger partial charge >= 0.3 is 0 Å². The van der Waals surface area contributed by atoms with Crippen LogP contribution in [0.4, 0.5) is 0 Å². The second kappa shape index (κ2) is 10.8. The third kappa shape index (κ3) is 8.25. The molecule has 136 valence electrons. The summed E-state index contributed by atoms with van der Waals surface area (Å²) in [5, 5.41) is 3.77. The van der Waals surface area contributed by atoms with Crippen molar-refractivity contribution in [3.63, 3.8) is 0 Å². The normalized spacial score (nSPS) is 11.8. The fraction of sp³-hybridized carbons (Fsp3) is 0.500. The molecule has 0 aliphatic heterocycles. The summed E-state index contributed by atoms with van der Waals surface area (Å²) in [5.74, 6) is 0. The van der Waals surface area contributed by atoms with E-state index in [1.807, 2.05) is 36.9 Å². The van der Waals surface area contributed by atoms with Gasteiger partial charge in [-0.25, -0.2) is 0 Å². The minimum atomic E-state index is -0.0175. The molecule has 1 N–H and O–H groups in total. The lowest BCUT2D eigenvalue weighted by atomic mass is 9.99. The Morgan fingerprint density at radius 3 is 1.92 bits per heavy atom. The van der Waals surface area contributed by atoms with Crippen LogP contribution in [0.1, 0.15) is 50.7 Å². The van der Waals surface area contributed by atoms with E-state index in [0.29, 0.717) is 6.04 Å². The van der Waals surface area contributed by atoms with Gasteiger partial charge in [0, 0.05) is 30.8 Å². The maximum atomic E-state index is 4.41. The molecule has 0 spiro atoms. The molecule has 0 atom stereocenters. The molecule has 3 nitrogen and oxygen atoms in total. The van der Waals surface area contributed by atoms with E-state index in [0.717, 1.165) is 12.8 Å². The van der Waals surface area contributed by atoms with Crippen molar-refractivity contribution in [2.75, 3.05) is 0 Å². The van der Waals surface area contributed by atoms with Crippen molar-refractivity contribution in [2.24, 2.45) is 0 Å². The van der Waals surface area contributed by atoms with Gasteiger partial charge < -0.3 is 0 Å². The number of aromatic nitrogens is 2. The van der Waals surface area contributed by atoms with Crippen LogP contribution in [0.2, 0.25) is 0 Å². The van der Waals surface area contributed by atoms with Gasteiger partial charge in [0.05, 0.1) is 4.87 Å². The van der Waals surface area contributed by atoms with Gasteiger partial charge in [0.25, 0.3) is 0 Å². The Bertz CT molecular complexity index is 545. The van der Waals surface area contributed by atoms with Crippen molar-refractivity contribution < 1.29 is 0 Å². The molecule has 2 aromatic heterocycles. The molecule has 0 amide bonds. The van der Waals surface area contributed by atoms with Gasteiger partial charge in [0.1, 0.15) is 0 Å². The number of aryl methyl sites for hydroxylation is 2. The summed E-state index contributed by atoms with van der Waals surface area (Å²) in [6.45, 7) is 4.39. The van der Waals surface area contributed by atoms with Gasteiger partial charge in [-0.1, -0.05) is 22.9 Å². The standard InChI is InChI=1S/C20H29N3S2/c1-20(2,25-24)23-19(11-3-7-17-9-5-13-21-15-17)12-4-8-18-10-6-14-22-16-18/h5-6,9-10,13-16,19,23-24H,3-4,7-8,11-12H2,1-2H3. The van der Waals surface area contributed by atoms with Gasteiger partial charge in [-0.2, -0.15) is 0 Å². The summed E-state index contributed by atoms with van der Waals surface area (Å²) in [5.41, 5.74) is 2.64. The predicted molar refractivity (Wildman–Crippen MR) is 112 cm³/mol. The van der Waals surface area contributed by atoms with Crippen LogP contribution in [0, 0.1) is 0 Å². The van der Waals surface area contributed by atoms with Gasteiger partial charge in [-0.15, -0.1) is 11.7 Å². The molecule has 0 aliphatic rings. The highest BCUT2D eigenvalue weighted by atomic mass is 33.1. The lowest BCUT2D eigenvalue weighted by molar-refractivity contribution is 0.381. The van der Waals surface area contributed by atoms with Crippen LogP contribution in [0.5, 0.6) is 0 Å². The maximum absolute atomic E-state index is 4.41. The molecule has 25 heavy (non-hydrogen) atoms. The molecule has 0 aliphatic carbocycles. The summed E-state index contributed by atoms with van der Waals surface area (Å²) < 4.78 is 0. The quantitative estimate of drug-likeness (QED) is 0.326. The minimum Gasteiger partial charge on any atom is -0.300 e. The van der Waals surface area contributed by atoms with Crippen LogP contribution in [-0.4, -0.2) is 20.9 Å². The predicted octanol–water partition coefficient (Wildman–Crippen LogP) is 5.09. The molecular weight excluding hydrogens is 346 g/mol. The Kier molecular flexibility index (Phi) is 8.79. The first-order valence-electron chi connectivity index (χ1n) is 8.97. The first-order valence-corrected chi connectivity index (χ1v) is 10.8. The molecule has 2 rings (SSSR count). The Balaban J connectivity index is 1.81. The van der Waals surface area contributed by atoms with Crippen molar-refractivity contribution in [3.8, 4) is 0 Å². The van der Waals surface area contributed by atoms with Crippen LogP contribution in [0.15, 0.2) is 49.1 Å². The second-order valence-corrected chi connectivity index (χ2v) is 8.70. The van der Waals surface area contributed by atoms with Crippen molar-refractivity contribution in [3.05, 3.63) is 60.2 Å². The van der Waals surface area contributed by atoms with E-state index in [2.05, 4.69) is 52.9 Å². The summed E-state index contributed by atoms with van der Waals surface area (Å²) in [4.78, 5) is 8.39. The Morgan fingerprint density at radius 1 is 1.00 bits per heavy atom. The summed E-state index contributed by atoms with van der Waals surface area (Å²) >= 11 is 4.41. The van der Waals surface area contributed by atoms with Gasteiger partial charge in [-0.05, 0) is 75.6 Å². The Morgan fingerprint density at radius 2 is 1.52 bits per heavy atom. The van der Waals surface area contributed by atoms with Crippen molar-refractivity contribution >= 4 is 22.5 Å². The number of rotatable bonds is 11. The van der Waals surface area contributed by atoms with Crippen molar-refractivity contribution in [1.82, 2.24) is 15.3 Å². The molecule has 0 fully saturated rings. The lowest BCUT2D eigenvalue weighted by Gasteiger charge is -2.30. The smallest absolute Gasteiger partial charge is 0.0691 e. The Labute approximate surface area is 161 Å². The van der Waals surface area contributed by atoms with E-state index in [1.54, 1.807) is 10.8 Å². The lowest BCUT2D eigenvalue weighted by Crippen LogP contribution is -2.43. The monoisotopic (exact) mass is 375 g/mol. The summed E-state index contributed by atoms with van der Waals surface area (Å²) in [7, 11) is 1.58. The average Bonchev–Trinajstić information content (AvgIpc) is 2.63. The molecule has 0 saturated heterocycles. The van der Waals surface area contributed by atoms with Crippen LogP contribution >= 0.6 is 22.5 Å². The zero-order valence-electron chi connectivity index (χ0n) is 15.2. The highest BCUT2D eigenvalue weighted by molar-refractivity contribution is 8.69. The molecule has 0 radical (unpaired) electrons. The Hall–Kier alpha value is -1.04. The number of nitrogens with one attached hydrogen (secondary N) is 1. The highest BCUT2D eigenvalue weighted by Crippen LogP contribution is 2.26. The van der Waals surface area contributed by atoms with Crippen LogP contribution in [-0.2, 0) is 12.8 Å². The third-order valence-corrected chi connectivity index (χ3v) is 6.21. The van der Waals surface area contributed by atoms with Gasteiger partial charge in [-0.3, -0.25) is 15.3 Å². The SMILES string of the molecule is CC(C)(NC(CCCc1cccnc1)CCCc1cccnc1)SS. The van der Waals surface area contributed by atoms with E-state index in [4.69, 9.17) is 0 Å². The van der Waals surface area contributed by atoms with Gasteiger partial charge in [0.15, 0.2) is 0 Å². The molecule has 0 bridgehead atoms. The molecular formula is C20H29N3S2. The van der Waals surface area contributed by atoms with Gasteiger partial charge in [0.2, 0.25) is 0 Å². The third-order valence-electron chi connectivity index (χ3n) is 4.26. The molecule has 2 aromatic rings. The zero-order chi connectivity index (χ0) is 18.0. The fourth-order valence-corrected chi connectivity index (χ4v) is 3.38. The van der Waals surface area contributed by atoms with E-state index in [1.165, 1.54) is 36.8 Å². The number of thiol groups is 1. The highest BCUT2D eigenvalue weighted by Gasteiger charge is 2.21. The number of hydrogen-bond donors (Lipinski definition) is 2. The first-order chi connectivity index (χ1) is 12.1. The second-order valence-electron chi connectivity index (χ2n) is 6.95. The summed E-state index contributed by atoms with van der Waals surface area (Å²) in [6, 6.07) is 8.85. The number of nitrogens with zero attached hydrogens (tertiary/aromatic N) is 2. The summed E-state index contributed by atoms with van der Waals surface area (Å²) in [6.07, 6.45) is 14.5. The molecule has 5 heteroatoms. The number of hydrogen-bond acceptors (Lipinski definition) is 5. The first kappa shape index (κ1) is 20.3. The van der Waals surface area contributed by atoms with E-state index in [9.17, 15) is 0 Å². The molecule has 2 heterocycles. The average molecular weight is 376 g/mol. The van der Waals surface area contributed by atoms with E-state index in [-0.39, 0.29) is 4.87 Å². The van der Waals surface area contributed by atoms with E-state index < -0.39 is 0 Å². The van der Waals surface area contributed by atoms with Crippen LogP contribution < -0.4 is 5.32 Å². The van der Waals surface area contributed by atoms with Crippen molar-refractivity contribution in [2.45, 2.75) is 63.3 Å². The molecule has 0 aromatic carbocycles. The molecule has 0 unspecified atom stereocenters. The fourth-order valence-electron chi connectivity index (χ4n) is 3.00. The van der Waals surface area contributed by atoms with E-state index >= 15 is 0 Å². The van der Waals surface area contributed by atoms with Crippen LogP contribution in [0.25, 0.3) is 0 Å². The van der Waals surface area contributed by atoms with Crippen LogP contribution in [0.3, 0.4) is 0 Å². The molecule has 0 saturated carbocycles. The topological polar surface area (TPSA) is 37.8 Å². The minimum absolute atomic E-state index is 0.0175.